The third kappa shape index (κ3) is 4.96. The second-order valence-electron chi connectivity index (χ2n) is 4.88. The second kappa shape index (κ2) is 6.63. The standard InChI is InChI=1S/C14H20FNO3/c1-10-8-11(15)4-5-12(10)13(17)16-9-14(2,18)6-7-19-3/h4-5,8,18H,6-7,9H2,1-3H3,(H,16,17). The van der Waals surface area contributed by atoms with Gasteiger partial charge in [0.2, 0.25) is 0 Å². The lowest BCUT2D eigenvalue weighted by atomic mass is 10.0. The molecule has 1 aromatic rings. The Morgan fingerprint density at radius 3 is 2.79 bits per heavy atom. The molecule has 1 atom stereocenters. The van der Waals surface area contributed by atoms with Crippen molar-refractivity contribution in [2.45, 2.75) is 25.9 Å². The van der Waals surface area contributed by atoms with E-state index in [9.17, 15) is 14.3 Å². The van der Waals surface area contributed by atoms with Gasteiger partial charge in [-0.2, -0.15) is 0 Å². The summed E-state index contributed by atoms with van der Waals surface area (Å²) in [5, 5.41) is 12.6. The summed E-state index contributed by atoms with van der Waals surface area (Å²) in [4.78, 5) is 11.9. The van der Waals surface area contributed by atoms with Gasteiger partial charge in [-0.25, -0.2) is 4.39 Å². The number of carbonyl (C=O) groups is 1. The lowest BCUT2D eigenvalue weighted by Gasteiger charge is -2.23. The van der Waals surface area contributed by atoms with Crippen molar-refractivity contribution in [1.29, 1.82) is 0 Å². The minimum atomic E-state index is -1.03. The van der Waals surface area contributed by atoms with Gasteiger partial charge in [-0.05, 0) is 37.6 Å². The monoisotopic (exact) mass is 269 g/mol. The molecule has 0 aliphatic carbocycles. The average molecular weight is 269 g/mol. The molecular weight excluding hydrogens is 249 g/mol. The van der Waals surface area contributed by atoms with E-state index in [1.165, 1.54) is 18.2 Å². The molecule has 0 saturated heterocycles. The van der Waals surface area contributed by atoms with Gasteiger partial charge in [-0.3, -0.25) is 4.79 Å². The fraction of sp³-hybridized carbons (Fsp3) is 0.500. The molecule has 0 aliphatic rings. The maximum Gasteiger partial charge on any atom is 0.251 e. The number of hydrogen-bond donors (Lipinski definition) is 2. The first-order chi connectivity index (χ1) is 8.85. The van der Waals surface area contributed by atoms with Crippen LogP contribution in [0.5, 0.6) is 0 Å². The summed E-state index contributed by atoms with van der Waals surface area (Å²) in [6.07, 6.45) is 0.423. The lowest BCUT2D eigenvalue weighted by molar-refractivity contribution is 0.0243. The molecule has 5 heteroatoms. The van der Waals surface area contributed by atoms with Crippen LogP contribution in [-0.4, -0.2) is 36.9 Å². The topological polar surface area (TPSA) is 58.6 Å². The summed E-state index contributed by atoms with van der Waals surface area (Å²) in [5.41, 5.74) is -0.0578. The number of carbonyl (C=O) groups excluding carboxylic acids is 1. The Morgan fingerprint density at radius 1 is 1.53 bits per heavy atom. The van der Waals surface area contributed by atoms with Gasteiger partial charge in [0.1, 0.15) is 5.82 Å². The van der Waals surface area contributed by atoms with Crippen LogP contribution in [0.15, 0.2) is 18.2 Å². The molecule has 2 N–H and O–H groups in total. The Balaban J connectivity index is 2.60. The van der Waals surface area contributed by atoms with Gasteiger partial charge in [0.25, 0.3) is 5.91 Å². The molecule has 0 radical (unpaired) electrons. The van der Waals surface area contributed by atoms with Gasteiger partial charge in [-0.15, -0.1) is 0 Å². The van der Waals surface area contributed by atoms with E-state index in [0.29, 0.717) is 24.2 Å². The highest BCUT2D eigenvalue weighted by Gasteiger charge is 2.21. The van der Waals surface area contributed by atoms with E-state index in [4.69, 9.17) is 4.74 Å². The Kier molecular flexibility index (Phi) is 5.44. The summed E-state index contributed by atoms with van der Waals surface area (Å²) < 4.78 is 17.8. The van der Waals surface area contributed by atoms with E-state index in [1.54, 1.807) is 21.0 Å². The smallest absolute Gasteiger partial charge is 0.251 e. The first-order valence-corrected chi connectivity index (χ1v) is 6.11. The first-order valence-electron chi connectivity index (χ1n) is 6.11. The first kappa shape index (κ1) is 15.6. The Labute approximate surface area is 112 Å². The van der Waals surface area contributed by atoms with E-state index in [1.807, 2.05) is 0 Å². The number of methoxy groups -OCH3 is 1. The molecule has 0 heterocycles. The summed E-state index contributed by atoms with van der Waals surface area (Å²) in [6.45, 7) is 3.83. The number of benzene rings is 1. The molecule has 0 spiro atoms. The third-order valence-electron chi connectivity index (χ3n) is 2.91. The molecule has 19 heavy (non-hydrogen) atoms. The molecule has 0 aliphatic heterocycles. The molecule has 0 fully saturated rings. The van der Waals surface area contributed by atoms with Crippen molar-refractivity contribution in [1.82, 2.24) is 5.32 Å². The zero-order chi connectivity index (χ0) is 14.5. The molecule has 4 nitrogen and oxygen atoms in total. The normalized spacial score (nSPS) is 13.9. The Morgan fingerprint density at radius 2 is 2.21 bits per heavy atom. The Bertz CT molecular complexity index is 446. The molecule has 1 amide bonds. The van der Waals surface area contributed by atoms with E-state index in [0.717, 1.165) is 0 Å². The van der Waals surface area contributed by atoms with Gasteiger partial charge < -0.3 is 15.2 Å². The van der Waals surface area contributed by atoms with Crippen molar-refractivity contribution >= 4 is 5.91 Å². The van der Waals surface area contributed by atoms with Crippen LogP contribution in [0.25, 0.3) is 0 Å². The number of halogens is 1. The number of aryl methyl sites for hydroxylation is 1. The fourth-order valence-electron chi connectivity index (χ4n) is 1.66. The molecule has 106 valence electrons. The van der Waals surface area contributed by atoms with Crippen molar-refractivity contribution < 1.29 is 19.0 Å². The minimum absolute atomic E-state index is 0.117. The van der Waals surface area contributed by atoms with Crippen LogP contribution in [0, 0.1) is 12.7 Å². The number of amides is 1. The van der Waals surface area contributed by atoms with E-state index in [2.05, 4.69) is 5.32 Å². The van der Waals surface area contributed by atoms with Crippen molar-refractivity contribution in [2.24, 2.45) is 0 Å². The molecule has 1 unspecified atom stereocenters. The molecule has 0 saturated carbocycles. The summed E-state index contributed by atoms with van der Waals surface area (Å²) in [6, 6.07) is 3.98. The molecule has 1 aromatic carbocycles. The summed E-state index contributed by atoms with van der Waals surface area (Å²) in [7, 11) is 1.55. The number of rotatable bonds is 6. The van der Waals surface area contributed by atoms with E-state index in [-0.39, 0.29) is 18.3 Å². The van der Waals surface area contributed by atoms with Crippen LogP contribution >= 0.6 is 0 Å². The molecule has 1 rings (SSSR count). The van der Waals surface area contributed by atoms with Gasteiger partial charge in [0.05, 0.1) is 5.60 Å². The number of aliphatic hydroxyl groups is 1. The van der Waals surface area contributed by atoms with Gasteiger partial charge in [-0.1, -0.05) is 0 Å². The van der Waals surface area contributed by atoms with E-state index >= 15 is 0 Å². The highest BCUT2D eigenvalue weighted by atomic mass is 19.1. The van der Waals surface area contributed by atoms with Crippen LogP contribution in [0.2, 0.25) is 0 Å². The van der Waals surface area contributed by atoms with Gasteiger partial charge in [0.15, 0.2) is 0 Å². The maximum absolute atomic E-state index is 12.9. The molecule has 0 aromatic heterocycles. The number of nitrogens with one attached hydrogen (secondary N) is 1. The minimum Gasteiger partial charge on any atom is -0.388 e. The predicted octanol–water partition coefficient (Wildman–Crippen LogP) is 1.65. The second-order valence-corrected chi connectivity index (χ2v) is 4.88. The largest absolute Gasteiger partial charge is 0.388 e. The van der Waals surface area contributed by atoms with Gasteiger partial charge >= 0.3 is 0 Å². The van der Waals surface area contributed by atoms with Crippen LogP contribution in [0.3, 0.4) is 0 Å². The van der Waals surface area contributed by atoms with Crippen molar-refractivity contribution in [3.8, 4) is 0 Å². The third-order valence-corrected chi connectivity index (χ3v) is 2.91. The lowest BCUT2D eigenvalue weighted by Crippen LogP contribution is -2.41. The molecule has 0 bridgehead atoms. The number of ether oxygens (including phenoxy) is 1. The van der Waals surface area contributed by atoms with E-state index < -0.39 is 5.60 Å². The SMILES string of the molecule is COCCC(C)(O)CNC(=O)c1ccc(F)cc1C. The van der Waals surface area contributed by atoms with Crippen LogP contribution in [0.4, 0.5) is 4.39 Å². The summed E-state index contributed by atoms with van der Waals surface area (Å²) in [5.74, 6) is -0.698. The van der Waals surface area contributed by atoms with Crippen LogP contribution in [-0.2, 0) is 4.74 Å². The van der Waals surface area contributed by atoms with Crippen LogP contribution < -0.4 is 5.32 Å². The van der Waals surface area contributed by atoms with Crippen molar-refractivity contribution in [3.05, 3.63) is 35.1 Å². The zero-order valence-electron chi connectivity index (χ0n) is 11.5. The fourth-order valence-corrected chi connectivity index (χ4v) is 1.66. The average Bonchev–Trinajstić information content (AvgIpc) is 2.34. The van der Waals surface area contributed by atoms with Gasteiger partial charge in [0, 0.05) is 32.2 Å². The highest BCUT2D eigenvalue weighted by molar-refractivity contribution is 5.95. The number of hydrogen-bond acceptors (Lipinski definition) is 3. The molecular formula is C14H20FNO3. The quantitative estimate of drug-likeness (QED) is 0.825. The Hall–Kier alpha value is -1.46. The van der Waals surface area contributed by atoms with Crippen molar-refractivity contribution in [3.63, 3.8) is 0 Å². The zero-order valence-corrected chi connectivity index (χ0v) is 11.5. The summed E-state index contributed by atoms with van der Waals surface area (Å²) >= 11 is 0. The van der Waals surface area contributed by atoms with Crippen LogP contribution in [0.1, 0.15) is 29.3 Å². The van der Waals surface area contributed by atoms with Crippen molar-refractivity contribution in [2.75, 3.05) is 20.3 Å². The maximum atomic E-state index is 12.9. The predicted molar refractivity (Wildman–Crippen MR) is 70.6 cm³/mol. The highest BCUT2D eigenvalue weighted by Crippen LogP contribution is 2.11.